The Morgan fingerprint density at radius 2 is 1.89 bits per heavy atom. The van der Waals surface area contributed by atoms with Crippen LogP contribution in [-0.2, 0) is 14.3 Å². The monoisotopic (exact) mass is 396 g/mol. The third kappa shape index (κ3) is 3.16. The van der Waals surface area contributed by atoms with Gasteiger partial charge in [-0.1, -0.05) is 42.8 Å². The molecule has 0 saturated carbocycles. The Morgan fingerprint density at radius 3 is 2.61 bits per heavy atom. The summed E-state index contributed by atoms with van der Waals surface area (Å²) in [4.78, 5) is 25.8. The maximum atomic E-state index is 13.5. The van der Waals surface area contributed by atoms with Crippen molar-refractivity contribution in [1.82, 2.24) is 0 Å². The molecule has 4 rings (SSSR count). The van der Waals surface area contributed by atoms with E-state index in [4.69, 9.17) is 16.3 Å². The van der Waals surface area contributed by atoms with Crippen molar-refractivity contribution in [3.63, 3.8) is 0 Å². The van der Waals surface area contributed by atoms with Crippen molar-refractivity contribution in [1.29, 1.82) is 0 Å². The molecule has 2 aromatic carbocycles. The van der Waals surface area contributed by atoms with E-state index in [-0.39, 0.29) is 11.7 Å². The number of hydrogen-bond donors (Lipinski definition) is 2. The van der Waals surface area contributed by atoms with Crippen molar-refractivity contribution in [3.05, 3.63) is 70.4 Å². The molecule has 28 heavy (non-hydrogen) atoms. The van der Waals surface area contributed by atoms with E-state index >= 15 is 0 Å². The number of para-hydroxylation sites is 2. The number of Topliss-reactive ketones (excluding diaryl/α,β-unsaturated/α-hetero) is 1. The Bertz CT molecular complexity index is 985. The van der Waals surface area contributed by atoms with Crippen LogP contribution in [-0.4, -0.2) is 18.9 Å². The summed E-state index contributed by atoms with van der Waals surface area (Å²) in [7, 11) is 1.32. The van der Waals surface area contributed by atoms with Crippen molar-refractivity contribution in [3.8, 4) is 0 Å². The van der Waals surface area contributed by atoms with Gasteiger partial charge in [-0.2, -0.15) is 0 Å². The Balaban J connectivity index is 1.88. The van der Waals surface area contributed by atoms with Gasteiger partial charge in [0.25, 0.3) is 0 Å². The molecular formula is C22H21ClN2O3. The number of allylic oxidation sites excluding steroid dienone is 1. The van der Waals surface area contributed by atoms with E-state index in [9.17, 15) is 9.59 Å². The molecule has 0 amide bonds. The molecule has 5 nitrogen and oxygen atoms in total. The second-order valence-electron chi connectivity index (χ2n) is 7.24. The number of methoxy groups -OCH3 is 1. The number of esters is 1. The number of carbonyl (C=O) groups is 2. The van der Waals surface area contributed by atoms with Gasteiger partial charge in [0.05, 0.1) is 24.5 Å². The van der Waals surface area contributed by atoms with Gasteiger partial charge in [-0.05, 0) is 42.2 Å². The Morgan fingerprint density at radius 1 is 1.14 bits per heavy atom. The van der Waals surface area contributed by atoms with E-state index in [1.165, 1.54) is 7.11 Å². The van der Waals surface area contributed by atoms with E-state index < -0.39 is 17.9 Å². The number of nitrogens with one attached hydrogen (secondary N) is 2. The van der Waals surface area contributed by atoms with Crippen LogP contribution in [0, 0.1) is 11.8 Å². The third-order valence-electron chi connectivity index (χ3n) is 5.41. The van der Waals surface area contributed by atoms with E-state index in [1.54, 1.807) is 6.07 Å². The highest BCUT2D eigenvalue weighted by Crippen LogP contribution is 2.43. The van der Waals surface area contributed by atoms with Crippen molar-refractivity contribution in [2.75, 3.05) is 17.7 Å². The molecule has 144 valence electrons. The lowest BCUT2D eigenvalue weighted by Crippen LogP contribution is -2.39. The molecule has 1 aliphatic carbocycles. The molecule has 3 unspecified atom stereocenters. The minimum Gasteiger partial charge on any atom is -0.468 e. The Labute approximate surface area is 168 Å². The molecule has 0 radical (unpaired) electrons. The zero-order chi connectivity index (χ0) is 19.8. The summed E-state index contributed by atoms with van der Waals surface area (Å²) in [6.45, 7) is 1.91. The predicted octanol–water partition coefficient (Wildman–Crippen LogP) is 4.57. The van der Waals surface area contributed by atoms with Gasteiger partial charge in [-0.25, -0.2) is 0 Å². The summed E-state index contributed by atoms with van der Waals surface area (Å²) in [5.41, 5.74) is 4.05. The molecule has 2 N–H and O–H groups in total. The van der Waals surface area contributed by atoms with Crippen LogP contribution in [0.2, 0.25) is 5.02 Å². The summed E-state index contributed by atoms with van der Waals surface area (Å²) in [5, 5.41) is 7.49. The molecule has 0 saturated heterocycles. The van der Waals surface area contributed by atoms with Crippen LogP contribution < -0.4 is 10.6 Å². The smallest absolute Gasteiger partial charge is 0.316 e. The maximum Gasteiger partial charge on any atom is 0.316 e. The lowest BCUT2D eigenvalue weighted by molar-refractivity contribution is -0.151. The first-order valence-corrected chi connectivity index (χ1v) is 9.60. The van der Waals surface area contributed by atoms with Crippen LogP contribution >= 0.6 is 11.6 Å². The fourth-order valence-corrected chi connectivity index (χ4v) is 4.27. The third-order valence-corrected chi connectivity index (χ3v) is 5.64. The van der Waals surface area contributed by atoms with Gasteiger partial charge >= 0.3 is 5.97 Å². The fourth-order valence-electron chi connectivity index (χ4n) is 4.07. The minimum atomic E-state index is -0.810. The van der Waals surface area contributed by atoms with Gasteiger partial charge in [0.15, 0.2) is 5.78 Å². The molecule has 2 aliphatic rings. The normalized spacial score (nSPS) is 23.7. The van der Waals surface area contributed by atoms with Gasteiger partial charge < -0.3 is 15.4 Å². The molecule has 3 atom stereocenters. The Hall–Kier alpha value is -2.79. The van der Waals surface area contributed by atoms with Crippen molar-refractivity contribution < 1.29 is 14.3 Å². The van der Waals surface area contributed by atoms with Crippen LogP contribution in [0.4, 0.5) is 11.4 Å². The van der Waals surface area contributed by atoms with Crippen LogP contribution in [0.3, 0.4) is 0 Å². The molecule has 2 aromatic rings. The predicted molar refractivity (Wildman–Crippen MR) is 109 cm³/mol. The first-order chi connectivity index (χ1) is 13.5. The topological polar surface area (TPSA) is 67.4 Å². The van der Waals surface area contributed by atoms with Gasteiger partial charge in [0.2, 0.25) is 0 Å². The van der Waals surface area contributed by atoms with Crippen LogP contribution in [0.1, 0.15) is 24.9 Å². The fraction of sp³-hybridized carbons (Fsp3) is 0.273. The molecule has 6 heteroatoms. The van der Waals surface area contributed by atoms with E-state index in [0.29, 0.717) is 17.0 Å². The van der Waals surface area contributed by atoms with Crippen LogP contribution in [0.25, 0.3) is 0 Å². The maximum absolute atomic E-state index is 13.5. The number of ketones is 1. The van der Waals surface area contributed by atoms with Crippen molar-refractivity contribution >= 4 is 34.7 Å². The lowest BCUT2D eigenvalue weighted by atomic mass is 9.75. The zero-order valence-electron chi connectivity index (χ0n) is 15.7. The molecular weight excluding hydrogens is 376 g/mol. The summed E-state index contributed by atoms with van der Waals surface area (Å²) in [6.07, 6.45) is 0.577. The Kier molecular flexibility index (Phi) is 4.85. The van der Waals surface area contributed by atoms with Gasteiger partial charge in [0, 0.05) is 16.3 Å². The van der Waals surface area contributed by atoms with Gasteiger partial charge in [-0.15, -0.1) is 0 Å². The van der Waals surface area contributed by atoms with E-state index in [2.05, 4.69) is 10.6 Å². The van der Waals surface area contributed by atoms with E-state index in [0.717, 1.165) is 22.6 Å². The average Bonchev–Trinajstić information content (AvgIpc) is 2.84. The largest absolute Gasteiger partial charge is 0.468 e. The number of halogens is 1. The molecule has 0 spiro atoms. The quantitative estimate of drug-likeness (QED) is 0.575. The summed E-state index contributed by atoms with van der Waals surface area (Å²) in [5.74, 6) is -1.67. The number of anilines is 2. The van der Waals surface area contributed by atoms with Crippen LogP contribution in [0.15, 0.2) is 59.8 Å². The summed E-state index contributed by atoms with van der Waals surface area (Å²) < 4.78 is 4.92. The standard InChI is InChI=1S/C22H21ClN2O3/c1-12-10-17-19(21(26)18(12)22(27)28-2)20(13-6-5-7-14(23)11-13)25-16-9-4-3-8-15(16)24-17/h3-9,11-12,18,20,24-25H,10H2,1-2H3. The lowest BCUT2D eigenvalue weighted by Gasteiger charge is -2.32. The zero-order valence-corrected chi connectivity index (χ0v) is 16.4. The molecule has 1 heterocycles. The van der Waals surface area contributed by atoms with E-state index in [1.807, 2.05) is 49.4 Å². The van der Waals surface area contributed by atoms with Crippen LogP contribution in [0.5, 0.6) is 0 Å². The SMILES string of the molecule is COC(=O)C1C(=O)C2=C(CC1C)Nc1ccccc1NC2c1cccc(Cl)c1. The van der Waals surface area contributed by atoms with Gasteiger partial charge in [-0.3, -0.25) is 9.59 Å². The minimum absolute atomic E-state index is 0.156. The first-order valence-electron chi connectivity index (χ1n) is 9.22. The first kappa shape index (κ1) is 18.6. The second kappa shape index (κ2) is 7.32. The van der Waals surface area contributed by atoms with Crippen molar-refractivity contribution in [2.45, 2.75) is 19.4 Å². The number of rotatable bonds is 2. The summed E-state index contributed by atoms with van der Waals surface area (Å²) in [6, 6.07) is 14.8. The average molecular weight is 397 g/mol. The number of benzene rings is 2. The van der Waals surface area contributed by atoms with Crippen molar-refractivity contribution in [2.24, 2.45) is 11.8 Å². The molecule has 1 aliphatic heterocycles. The molecule has 0 fully saturated rings. The highest BCUT2D eigenvalue weighted by atomic mass is 35.5. The number of fused-ring (bicyclic) bond motifs is 1. The highest BCUT2D eigenvalue weighted by molar-refractivity contribution is 6.30. The molecule has 0 aromatic heterocycles. The number of carbonyl (C=O) groups excluding carboxylic acids is 2. The highest BCUT2D eigenvalue weighted by Gasteiger charge is 2.44. The number of hydrogen-bond acceptors (Lipinski definition) is 5. The second-order valence-corrected chi connectivity index (χ2v) is 7.68. The number of ether oxygens (including phenoxy) is 1. The summed E-state index contributed by atoms with van der Waals surface area (Å²) >= 11 is 6.22. The molecule has 0 bridgehead atoms. The van der Waals surface area contributed by atoms with Gasteiger partial charge in [0.1, 0.15) is 5.92 Å².